The van der Waals surface area contributed by atoms with Crippen LogP contribution in [0.4, 0.5) is 0 Å². The van der Waals surface area contributed by atoms with Gasteiger partial charge in [0, 0.05) is 0 Å². The average Bonchev–Trinajstić information content (AvgIpc) is 2.59. The van der Waals surface area contributed by atoms with Gasteiger partial charge in [0.05, 0.1) is 0 Å². The summed E-state index contributed by atoms with van der Waals surface area (Å²) in [4.78, 5) is 0. The van der Waals surface area contributed by atoms with E-state index in [1.165, 1.54) is 37.7 Å². The molecule has 0 spiro atoms. The Balaban J connectivity index is 1.94. The van der Waals surface area contributed by atoms with Gasteiger partial charge in [0.15, 0.2) is 0 Å². The Labute approximate surface area is 74.6 Å². The highest BCUT2D eigenvalue weighted by atomic mass is 14.2. The Morgan fingerprint density at radius 2 is 1.67 bits per heavy atom. The standard InChI is InChI=1S/C12H16/c1-2-6-11(7-3-1)10-12-8-4-5-9-12/h1-3,6-7,12H,4-5,8-10H2. The van der Waals surface area contributed by atoms with Crippen LogP contribution in [0.5, 0.6) is 0 Å². The van der Waals surface area contributed by atoms with Crippen molar-refractivity contribution in [2.75, 3.05) is 0 Å². The minimum Gasteiger partial charge on any atom is -0.0622 e. The van der Waals surface area contributed by atoms with E-state index in [9.17, 15) is 0 Å². The number of hydrogen-bond donors (Lipinski definition) is 0. The Hall–Kier alpha value is -0.780. The average molecular weight is 160 g/mol. The van der Waals surface area contributed by atoms with Crippen molar-refractivity contribution in [2.45, 2.75) is 32.1 Å². The van der Waals surface area contributed by atoms with Gasteiger partial charge in [-0.1, -0.05) is 56.0 Å². The van der Waals surface area contributed by atoms with Crippen LogP contribution in [0.3, 0.4) is 0 Å². The molecule has 0 nitrogen and oxygen atoms in total. The molecule has 2 rings (SSSR count). The van der Waals surface area contributed by atoms with Crippen LogP contribution in [0.25, 0.3) is 0 Å². The fourth-order valence-electron chi connectivity index (χ4n) is 2.16. The van der Waals surface area contributed by atoms with Crippen LogP contribution >= 0.6 is 0 Å². The van der Waals surface area contributed by atoms with Crippen molar-refractivity contribution in [3.63, 3.8) is 0 Å². The first-order chi connectivity index (χ1) is 5.95. The van der Waals surface area contributed by atoms with Crippen molar-refractivity contribution >= 4 is 0 Å². The maximum absolute atomic E-state index is 2.25. The minimum absolute atomic E-state index is 0.979. The molecular formula is C12H16. The summed E-state index contributed by atoms with van der Waals surface area (Å²) in [6.45, 7) is 0. The molecule has 0 heteroatoms. The van der Waals surface area contributed by atoms with Crippen LogP contribution < -0.4 is 0 Å². The van der Waals surface area contributed by atoms with Crippen molar-refractivity contribution in [2.24, 2.45) is 5.92 Å². The lowest BCUT2D eigenvalue weighted by atomic mass is 9.98. The summed E-state index contributed by atoms with van der Waals surface area (Å²) < 4.78 is 0. The van der Waals surface area contributed by atoms with E-state index < -0.39 is 0 Å². The molecule has 0 heterocycles. The topological polar surface area (TPSA) is 0 Å². The van der Waals surface area contributed by atoms with E-state index in [4.69, 9.17) is 0 Å². The molecule has 0 amide bonds. The van der Waals surface area contributed by atoms with Gasteiger partial charge in [-0.3, -0.25) is 0 Å². The third-order valence-electron chi connectivity index (χ3n) is 2.84. The van der Waals surface area contributed by atoms with Gasteiger partial charge in [-0.2, -0.15) is 0 Å². The lowest BCUT2D eigenvalue weighted by Crippen LogP contribution is -1.97. The summed E-state index contributed by atoms with van der Waals surface area (Å²) in [6.07, 6.45) is 7.12. The highest BCUT2D eigenvalue weighted by Crippen LogP contribution is 2.27. The summed E-state index contributed by atoms with van der Waals surface area (Å²) in [6, 6.07) is 10.9. The van der Waals surface area contributed by atoms with E-state index in [-0.39, 0.29) is 0 Å². The molecule has 0 unspecified atom stereocenters. The van der Waals surface area contributed by atoms with Crippen molar-refractivity contribution in [3.05, 3.63) is 35.9 Å². The fourth-order valence-corrected chi connectivity index (χ4v) is 2.16. The lowest BCUT2D eigenvalue weighted by Gasteiger charge is -2.07. The zero-order valence-corrected chi connectivity index (χ0v) is 7.50. The zero-order chi connectivity index (χ0) is 8.23. The molecule has 1 aliphatic rings. The Morgan fingerprint density at radius 3 is 2.33 bits per heavy atom. The van der Waals surface area contributed by atoms with Gasteiger partial charge in [-0.05, 0) is 17.9 Å². The highest BCUT2D eigenvalue weighted by molar-refractivity contribution is 5.15. The van der Waals surface area contributed by atoms with Gasteiger partial charge in [0.2, 0.25) is 0 Å². The third kappa shape index (κ3) is 1.88. The summed E-state index contributed by atoms with van der Waals surface area (Å²) in [7, 11) is 0. The molecule has 1 aliphatic carbocycles. The smallest absolute Gasteiger partial charge is 0.0250 e. The van der Waals surface area contributed by atoms with E-state index in [1.54, 1.807) is 0 Å². The van der Waals surface area contributed by atoms with Crippen molar-refractivity contribution in [1.82, 2.24) is 0 Å². The molecule has 0 saturated heterocycles. The van der Waals surface area contributed by atoms with Crippen LogP contribution in [0, 0.1) is 5.92 Å². The first-order valence-electron chi connectivity index (χ1n) is 4.99. The van der Waals surface area contributed by atoms with Gasteiger partial charge in [0.25, 0.3) is 0 Å². The second-order valence-electron chi connectivity index (χ2n) is 3.84. The number of rotatable bonds is 2. The second-order valence-corrected chi connectivity index (χ2v) is 3.84. The Kier molecular flexibility index (Phi) is 2.45. The zero-order valence-electron chi connectivity index (χ0n) is 7.50. The normalized spacial score (nSPS) is 18.3. The molecule has 0 radical (unpaired) electrons. The molecule has 1 aromatic rings. The monoisotopic (exact) mass is 160 g/mol. The molecule has 0 aromatic heterocycles. The molecule has 1 fully saturated rings. The van der Waals surface area contributed by atoms with E-state index in [0.717, 1.165) is 5.92 Å². The van der Waals surface area contributed by atoms with E-state index in [0.29, 0.717) is 0 Å². The van der Waals surface area contributed by atoms with Crippen molar-refractivity contribution < 1.29 is 0 Å². The van der Waals surface area contributed by atoms with Crippen LogP contribution in [0.1, 0.15) is 31.2 Å². The van der Waals surface area contributed by atoms with E-state index in [1.807, 2.05) is 0 Å². The highest BCUT2D eigenvalue weighted by Gasteiger charge is 2.14. The van der Waals surface area contributed by atoms with E-state index >= 15 is 0 Å². The van der Waals surface area contributed by atoms with Crippen LogP contribution in [-0.4, -0.2) is 0 Å². The van der Waals surface area contributed by atoms with Gasteiger partial charge < -0.3 is 0 Å². The minimum atomic E-state index is 0.979. The van der Waals surface area contributed by atoms with Gasteiger partial charge in [-0.15, -0.1) is 0 Å². The third-order valence-corrected chi connectivity index (χ3v) is 2.84. The molecule has 0 aliphatic heterocycles. The maximum atomic E-state index is 2.25. The molecule has 0 N–H and O–H groups in total. The first-order valence-corrected chi connectivity index (χ1v) is 4.99. The number of benzene rings is 1. The first kappa shape index (κ1) is 7.85. The van der Waals surface area contributed by atoms with Gasteiger partial charge in [-0.25, -0.2) is 0 Å². The molecule has 1 saturated carbocycles. The summed E-state index contributed by atoms with van der Waals surface area (Å²) in [5.74, 6) is 0.979. The molecule has 0 bridgehead atoms. The molecule has 12 heavy (non-hydrogen) atoms. The van der Waals surface area contributed by atoms with Crippen molar-refractivity contribution in [3.8, 4) is 0 Å². The molecular weight excluding hydrogens is 144 g/mol. The van der Waals surface area contributed by atoms with Crippen LogP contribution in [-0.2, 0) is 6.42 Å². The summed E-state index contributed by atoms with van der Waals surface area (Å²) in [5.41, 5.74) is 1.52. The summed E-state index contributed by atoms with van der Waals surface area (Å²) >= 11 is 0. The van der Waals surface area contributed by atoms with Gasteiger partial charge >= 0.3 is 0 Å². The molecule has 0 atom stereocenters. The maximum Gasteiger partial charge on any atom is -0.0250 e. The predicted molar refractivity (Wildman–Crippen MR) is 52.1 cm³/mol. The Morgan fingerprint density at radius 1 is 1.00 bits per heavy atom. The SMILES string of the molecule is c1ccc(CC2CCCC2)cc1. The lowest BCUT2D eigenvalue weighted by molar-refractivity contribution is 0.546. The fraction of sp³-hybridized carbons (Fsp3) is 0.500. The predicted octanol–water partition coefficient (Wildman–Crippen LogP) is 3.42. The largest absolute Gasteiger partial charge is 0.0622 e. The summed E-state index contributed by atoms with van der Waals surface area (Å²) in [5, 5.41) is 0. The van der Waals surface area contributed by atoms with E-state index in [2.05, 4.69) is 30.3 Å². The van der Waals surface area contributed by atoms with Crippen molar-refractivity contribution in [1.29, 1.82) is 0 Å². The number of hydrogen-bond acceptors (Lipinski definition) is 0. The molecule has 64 valence electrons. The quantitative estimate of drug-likeness (QED) is 0.622. The van der Waals surface area contributed by atoms with Gasteiger partial charge in [0.1, 0.15) is 0 Å². The Bertz CT molecular complexity index is 219. The second kappa shape index (κ2) is 3.75. The van der Waals surface area contributed by atoms with Crippen LogP contribution in [0.2, 0.25) is 0 Å². The molecule has 1 aromatic carbocycles. The van der Waals surface area contributed by atoms with Crippen LogP contribution in [0.15, 0.2) is 30.3 Å².